The molecule has 39 heavy (non-hydrogen) atoms. The lowest BCUT2D eigenvalue weighted by Gasteiger charge is -2.40. The molecule has 13 heteroatoms. The van der Waals surface area contributed by atoms with Crippen LogP contribution in [0.2, 0.25) is 0 Å². The average molecular weight is 556 g/mol. The Bertz CT molecular complexity index is 1200. The summed E-state index contributed by atoms with van der Waals surface area (Å²) in [7, 11) is 0. The molecule has 1 aromatic heterocycles. The fraction of sp³-hybridized carbons (Fsp3) is 0.462. The van der Waals surface area contributed by atoms with Gasteiger partial charge in [-0.1, -0.05) is 30.3 Å². The largest absolute Gasteiger partial charge is 0.383 e. The minimum absolute atomic E-state index is 0.0532. The van der Waals surface area contributed by atoms with Crippen LogP contribution in [0, 0.1) is 0 Å². The van der Waals surface area contributed by atoms with E-state index in [0.717, 1.165) is 5.56 Å². The van der Waals surface area contributed by atoms with Crippen molar-refractivity contribution in [3.63, 3.8) is 0 Å². The van der Waals surface area contributed by atoms with Crippen LogP contribution in [0.3, 0.4) is 0 Å². The Morgan fingerprint density at radius 1 is 1.21 bits per heavy atom. The lowest BCUT2D eigenvalue weighted by molar-refractivity contribution is -0.154. The number of hydrogen-bond donors (Lipinski definition) is 4. The number of carbonyl (C=O) groups is 4. The van der Waals surface area contributed by atoms with E-state index in [-0.39, 0.29) is 48.2 Å². The number of rotatable bonds is 11. The smallest absolute Gasteiger partial charge is 0.252 e. The fourth-order valence-corrected chi connectivity index (χ4v) is 5.73. The van der Waals surface area contributed by atoms with Gasteiger partial charge in [-0.25, -0.2) is 4.98 Å². The highest BCUT2D eigenvalue weighted by molar-refractivity contribution is 7.11. The molecule has 2 aliphatic rings. The Labute approximate surface area is 230 Å². The molecule has 12 nitrogen and oxygen atoms in total. The molecule has 2 aromatic rings. The van der Waals surface area contributed by atoms with Crippen molar-refractivity contribution in [3.8, 4) is 0 Å². The number of fused-ring (bicyclic) bond motifs is 1. The number of ketones is 1. The van der Waals surface area contributed by atoms with Crippen LogP contribution < -0.4 is 16.8 Å². The molecule has 4 rings (SSSR count). The molecule has 1 aromatic carbocycles. The Kier molecular flexibility index (Phi) is 9.25. The van der Waals surface area contributed by atoms with E-state index in [4.69, 9.17) is 11.5 Å². The Morgan fingerprint density at radius 3 is 2.67 bits per heavy atom. The molecule has 3 amide bonds. The van der Waals surface area contributed by atoms with Crippen LogP contribution in [0.25, 0.3) is 0 Å². The van der Waals surface area contributed by atoms with Gasteiger partial charge in [-0.2, -0.15) is 0 Å². The van der Waals surface area contributed by atoms with Crippen molar-refractivity contribution in [2.45, 2.75) is 56.3 Å². The molecule has 2 fully saturated rings. The van der Waals surface area contributed by atoms with Crippen molar-refractivity contribution >= 4 is 40.8 Å². The number of thiazole rings is 1. The van der Waals surface area contributed by atoms with Crippen LogP contribution in [-0.2, 0) is 20.8 Å². The predicted octanol–water partition coefficient (Wildman–Crippen LogP) is -0.330. The van der Waals surface area contributed by atoms with E-state index in [1.165, 1.54) is 27.3 Å². The first-order valence-electron chi connectivity index (χ1n) is 12.9. The summed E-state index contributed by atoms with van der Waals surface area (Å²) in [6.45, 7) is 0.321. The van der Waals surface area contributed by atoms with Crippen molar-refractivity contribution < 1.29 is 24.3 Å². The molecule has 0 bridgehead atoms. The van der Waals surface area contributed by atoms with Gasteiger partial charge in [0.15, 0.2) is 11.0 Å². The summed E-state index contributed by atoms with van der Waals surface area (Å²) in [5.74, 6) is -1.66. The molecule has 0 saturated carbocycles. The molecular weight excluding hydrogens is 522 g/mol. The van der Waals surface area contributed by atoms with Gasteiger partial charge in [-0.3, -0.25) is 24.2 Å². The quantitative estimate of drug-likeness (QED) is 0.126. The van der Waals surface area contributed by atoms with Gasteiger partial charge in [-0.15, -0.1) is 11.3 Å². The van der Waals surface area contributed by atoms with Gasteiger partial charge in [0.25, 0.3) is 5.91 Å². The minimum atomic E-state index is -1.26. The molecule has 0 radical (unpaired) electrons. The number of piperazine rings is 1. The number of carbonyl (C=O) groups excluding carboxylic acids is 4. The molecule has 6 N–H and O–H groups in total. The molecule has 0 aliphatic carbocycles. The zero-order valence-electron chi connectivity index (χ0n) is 21.4. The van der Waals surface area contributed by atoms with Crippen LogP contribution in [0.5, 0.6) is 0 Å². The number of aliphatic hydroxyl groups excluding tert-OH is 1. The lowest BCUT2D eigenvalue weighted by atomic mass is 10.1. The first kappa shape index (κ1) is 28.2. The highest BCUT2D eigenvalue weighted by Gasteiger charge is 2.46. The number of amides is 3. The Hall–Kier alpha value is -3.84. The van der Waals surface area contributed by atoms with E-state index in [1.807, 2.05) is 30.3 Å². The highest BCUT2D eigenvalue weighted by atomic mass is 32.1. The van der Waals surface area contributed by atoms with Gasteiger partial charge in [0.2, 0.25) is 17.6 Å². The van der Waals surface area contributed by atoms with Crippen LogP contribution in [0.4, 0.5) is 0 Å². The van der Waals surface area contributed by atoms with Gasteiger partial charge in [-0.05, 0) is 31.2 Å². The summed E-state index contributed by atoms with van der Waals surface area (Å²) in [5, 5.41) is 15.3. The zero-order chi connectivity index (χ0) is 27.9. The fourth-order valence-electron chi connectivity index (χ4n) is 5.10. The van der Waals surface area contributed by atoms with Gasteiger partial charge < -0.3 is 31.7 Å². The lowest BCUT2D eigenvalue weighted by Crippen LogP contribution is -2.61. The topological polar surface area (TPSA) is 184 Å². The number of nitrogens with two attached hydrogens (primary N) is 2. The SMILES string of the molecule is NC(N)=NCCCC(NC(=O)C1CC[C@H]2CN(C(=O)[C@@H](O)Cc3ccccc3)CC(=O)N12)C(=O)c1nccs1. The number of benzene rings is 1. The van der Waals surface area contributed by atoms with E-state index in [9.17, 15) is 24.3 Å². The number of nitrogens with zero attached hydrogens (tertiary/aromatic N) is 4. The third kappa shape index (κ3) is 6.98. The summed E-state index contributed by atoms with van der Waals surface area (Å²) in [5.41, 5.74) is 11.6. The van der Waals surface area contributed by atoms with E-state index < -0.39 is 30.0 Å². The summed E-state index contributed by atoms with van der Waals surface area (Å²) < 4.78 is 0. The predicted molar refractivity (Wildman–Crippen MR) is 145 cm³/mol. The molecule has 2 saturated heterocycles. The number of guanidine groups is 1. The third-order valence-electron chi connectivity index (χ3n) is 6.94. The standard InChI is InChI=1S/C26H33N7O5S/c27-26(28)30-10-4-7-18(22(36)24-29-11-12-39-24)31-23(37)19-9-8-17-14-32(15-21(35)33(17)19)25(38)20(34)13-16-5-2-1-3-6-16/h1-3,5-6,11-12,17-20,34H,4,7-10,13-15H2,(H,31,37)(H4,27,28,30)/t17-,18?,19?,20-/m0/s1. The van der Waals surface area contributed by atoms with Crippen LogP contribution in [0.1, 0.15) is 41.0 Å². The number of Topliss-reactive ketones (excluding diaryl/α,β-unsaturated/α-hetero) is 1. The van der Waals surface area contributed by atoms with Gasteiger partial charge >= 0.3 is 0 Å². The average Bonchev–Trinajstić information content (AvgIpc) is 3.61. The summed E-state index contributed by atoms with van der Waals surface area (Å²) in [4.78, 5) is 63.3. The molecule has 2 aliphatic heterocycles. The van der Waals surface area contributed by atoms with E-state index in [1.54, 1.807) is 5.38 Å². The van der Waals surface area contributed by atoms with E-state index >= 15 is 0 Å². The molecule has 208 valence electrons. The van der Waals surface area contributed by atoms with Gasteiger partial charge in [0.05, 0.1) is 18.6 Å². The second-order valence-electron chi connectivity index (χ2n) is 9.68. The zero-order valence-corrected chi connectivity index (χ0v) is 22.3. The van der Waals surface area contributed by atoms with Crippen molar-refractivity contribution in [1.82, 2.24) is 20.1 Å². The molecule has 3 heterocycles. The third-order valence-corrected chi connectivity index (χ3v) is 7.73. The number of aliphatic imine (C=N–C) groups is 1. The van der Waals surface area contributed by atoms with Crippen molar-refractivity contribution in [3.05, 3.63) is 52.5 Å². The first-order valence-corrected chi connectivity index (χ1v) is 13.7. The Morgan fingerprint density at radius 2 is 1.97 bits per heavy atom. The number of hydrogen-bond acceptors (Lipinski definition) is 8. The Balaban J connectivity index is 1.38. The second-order valence-corrected chi connectivity index (χ2v) is 10.6. The second kappa shape index (κ2) is 12.8. The van der Waals surface area contributed by atoms with Crippen LogP contribution in [-0.4, -0.2) is 93.2 Å². The van der Waals surface area contributed by atoms with E-state index in [2.05, 4.69) is 15.3 Å². The first-order chi connectivity index (χ1) is 18.7. The van der Waals surface area contributed by atoms with Gasteiger partial charge in [0, 0.05) is 31.1 Å². The van der Waals surface area contributed by atoms with Gasteiger partial charge in [0.1, 0.15) is 12.1 Å². The maximum atomic E-state index is 13.3. The van der Waals surface area contributed by atoms with Crippen molar-refractivity contribution in [2.24, 2.45) is 16.5 Å². The summed E-state index contributed by atoms with van der Waals surface area (Å²) in [6.07, 6.45) is 2.10. The normalized spacial score (nSPS) is 20.2. The molecular formula is C26H33N7O5S. The number of nitrogens with one attached hydrogen (secondary N) is 1. The minimum Gasteiger partial charge on any atom is -0.383 e. The number of aromatic nitrogens is 1. The van der Waals surface area contributed by atoms with Crippen LogP contribution >= 0.6 is 11.3 Å². The maximum Gasteiger partial charge on any atom is 0.252 e. The maximum absolute atomic E-state index is 13.3. The number of aliphatic hydroxyl groups is 1. The molecule has 4 atom stereocenters. The van der Waals surface area contributed by atoms with Crippen molar-refractivity contribution in [2.75, 3.05) is 19.6 Å². The van der Waals surface area contributed by atoms with Crippen LogP contribution in [0.15, 0.2) is 46.9 Å². The monoisotopic (exact) mass is 555 g/mol. The highest BCUT2D eigenvalue weighted by Crippen LogP contribution is 2.29. The molecule has 0 spiro atoms. The summed E-state index contributed by atoms with van der Waals surface area (Å²) >= 11 is 1.18. The van der Waals surface area contributed by atoms with Crippen molar-refractivity contribution in [1.29, 1.82) is 0 Å². The molecule has 2 unspecified atom stereocenters. The van der Waals surface area contributed by atoms with E-state index in [0.29, 0.717) is 32.2 Å². The summed E-state index contributed by atoms with van der Waals surface area (Å²) in [6, 6.07) is 7.23.